The molecule has 0 spiro atoms. The minimum Gasteiger partial charge on any atom is -0.378 e. The largest absolute Gasteiger partial charge is 0.378 e. The zero-order chi connectivity index (χ0) is 14.8. The van der Waals surface area contributed by atoms with Crippen molar-refractivity contribution in [2.24, 2.45) is 5.84 Å². The highest BCUT2D eigenvalue weighted by Gasteiger charge is 2.13. The molecular weight excluding hydrogens is 282 g/mol. The number of anilines is 1. The molecule has 0 aliphatic heterocycles. The highest BCUT2D eigenvalue weighted by atomic mass is 32.1. The molecule has 0 aliphatic carbocycles. The molecule has 0 aliphatic rings. The van der Waals surface area contributed by atoms with E-state index in [4.69, 9.17) is 5.84 Å². The first kappa shape index (κ1) is 14.1. The molecule has 0 saturated carbocycles. The van der Waals surface area contributed by atoms with E-state index in [1.54, 1.807) is 11.3 Å². The Morgan fingerprint density at radius 1 is 1.33 bits per heavy atom. The van der Waals surface area contributed by atoms with Crippen molar-refractivity contribution in [3.63, 3.8) is 0 Å². The van der Waals surface area contributed by atoms with Gasteiger partial charge < -0.3 is 4.90 Å². The Morgan fingerprint density at radius 2 is 2.10 bits per heavy atom. The predicted molar refractivity (Wildman–Crippen MR) is 87.6 cm³/mol. The number of rotatable bonds is 5. The molecule has 3 rings (SSSR count). The third-order valence-corrected chi connectivity index (χ3v) is 4.34. The number of fused-ring (bicyclic) bond motifs is 1. The van der Waals surface area contributed by atoms with Crippen LogP contribution in [0.15, 0.2) is 42.0 Å². The highest BCUT2D eigenvalue weighted by molar-refractivity contribution is 7.15. The molecule has 5 nitrogen and oxygen atoms in total. The fourth-order valence-corrected chi connectivity index (χ4v) is 3.08. The fraction of sp³-hybridized carbons (Fsp3) is 0.267. The number of thiazole rings is 1. The molecule has 1 atom stereocenters. The lowest BCUT2D eigenvalue weighted by atomic mass is 10.0. The monoisotopic (exact) mass is 301 g/mol. The SMILES string of the molecule is CN(C)c1ccc(C(Cc2cn3ccsc3n2)NN)cc1. The minimum atomic E-state index is 0.0609. The summed E-state index contributed by atoms with van der Waals surface area (Å²) in [5, 5.41) is 2.03. The molecule has 2 heterocycles. The molecule has 3 N–H and O–H groups in total. The second-order valence-corrected chi connectivity index (χ2v) is 6.11. The van der Waals surface area contributed by atoms with E-state index >= 15 is 0 Å². The van der Waals surface area contributed by atoms with Crippen molar-refractivity contribution in [2.75, 3.05) is 19.0 Å². The standard InChI is InChI=1S/C15H19N5S/c1-19(2)13-5-3-11(4-6-13)14(18-16)9-12-10-20-7-8-21-15(20)17-12/h3-8,10,14,18H,9,16H2,1-2H3. The lowest BCUT2D eigenvalue weighted by Gasteiger charge is -2.17. The van der Waals surface area contributed by atoms with E-state index in [-0.39, 0.29) is 6.04 Å². The molecular formula is C15H19N5S. The molecule has 0 fully saturated rings. The summed E-state index contributed by atoms with van der Waals surface area (Å²) < 4.78 is 2.04. The quantitative estimate of drug-likeness (QED) is 0.560. The summed E-state index contributed by atoms with van der Waals surface area (Å²) in [7, 11) is 4.07. The first-order valence-corrected chi connectivity index (χ1v) is 7.70. The molecule has 6 heteroatoms. The lowest BCUT2D eigenvalue weighted by molar-refractivity contribution is 0.547. The maximum absolute atomic E-state index is 5.73. The average molecular weight is 301 g/mol. The van der Waals surface area contributed by atoms with Crippen molar-refractivity contribution < 1.29 is 0 Å². The third-order valence-electron chi connectivity index (χ3n) is 3.57. The first-order valence-electron chi connectivity index (χ1n) is 6.82. The molecule has 21 heavy (non-hydrogen) atoms. The predicted octanol–water partition coefficient (Wildman–Crippen LogP) is 2.21. The van der Waals surface area contributed by atoms with Crippen LogP contribution in [-0.4, -0.2) is 23.5 Å². The summed E-state index contributed by atoms with van der Waals surface area (Å²) in [6.45, 7) is 0. The summed E-state index contributed by atoms with van der Waals surface area (Å²) in [5.74, 6) is 5.73. The van der Waals surface area contributed by atoms with Crippen molar-refractivity contribution in [3.05, 3.63) is 53.3 Å². The number of hydrogen-bond acceptors (Lipinski definition) is 5. The highest BCUT2D eigenvalue weighted by Crippen LogP contribution is 2.21. The van der Waals surface area contributed by atoms with Crippen molar-refractivity contribution in [3.8, 4) is 0 Å². The van der Waals surface area contributed by atoms with E-state index in [2.05, 4.69) is 45.8 Å². The van der Waals surface area contributed by atoms with Crippen molar-refractivity contribution >= 4 is 22.0 Å². The van der Waals surface area contributed by atoms with Gasteiger partial charge in [0, 0.05) is 44.0 Å². The summed E-state index contributed by atoms with van der Waals surface area (Å²) in [4.78, 5) is 7.71. The van der Waals surface area contributed by atoms with Crippen molar-refractivity contribution in [1.82, 2.24) is 14.8 Å². The van der Waals surface area contributed by atoms with E-state index in [1.807, 2.05) is 30.1 Å². The second-order valence-electron chi connectivity index (χ2n) is 5.23. The molecule has 0 radical (unpaired) electrons. The molecule has 2 aromatic heterocycles. The van der Waals surface area contributed by atoms with Gasteiger partial charge in [-0.3, -0.25) is 15.7 Å². The van der Waals surface area contributed by atoms with E-state index in [0.29, 0.717) is 0 Å². The van der Waals surface area contributed by atoms with Crippen LogP contribution >= 0.6 is 11.3 Å². The molecule has 3 aromatic rings. The van der Waals surface area contributed by atoms with Gasteiger partial charge in [-0.25, -0.2) is 4.98 Å². The van der Waals surface area contributed by atoms with Gasteiger partial charge >= 0.3 is 0 Å². The molecule has 110 valence electrons. The number of hydrogen-bond donors (Lipinski definition) is 2. The van der Waals surface area contributed by atoms with Gasteiger partial charge in [0.15, 0.2) is 4.96 Å². The van der Waals surface area contributed by atoms with Crippen LogP contribution < -0.4 is 16.2 Å². The summed E-state index contributed by atoms with van der Waals surface area (Å²) in [5.41, 5.74) is 6.28. The summed E-state index contributed by atoms with van der Waals surface area (Å²) in [6, 6.07) is 8.48. The second kappa shape index (κ2) is 5.85. The van der Waals surface area contributed by atoms with Gasteiger partial charge in [-0.05, 0) is 17.7 Å². The maximum Gasteiger partial charge on any atom is 0.193 e. The van der Waals surface area contributed by atoms with Gasteiger partial charge in [-0.1, -0.05) is 12.1 Å². The average Bonchev–Trinajstić information content (AvgIpc) is 3.06. The Kier molecular flexibility index (Phi) is 3.92. The van der Waals surface area contributed by atoms with Crippen molar-refractivity contribution in [2.45, 2.75) is 12.5 Å². The number of hydrazine groups is 1. The maximum atomic E-state index is 5.73. The Labute approximate surface area is 128 Å². The van der Waals surface area contributed by atoms with Crippen LogP contribution in [0.2, 0.25) is 0 Å². The van der Waals surface area contributed by atoms with Crippen LogP contribution in [0.5, 0.6) is 0 Å². The van der Waals surface area contributed by atoms with E-state index in [1.165, 1.54) is 11.3 Å². The molecule has 1 aromatic carbocycles. The summed E-state index contributed by atoms with van der Waals surface area (Å²) in [6.07, 6.45) is 4.85. The Balaban J connectivity index is 1.79. The lowest BCUT2D eigenvalue weighted by Crippen LogP contribution is -2.29. The van der Waals surface area contributed by atoms with E-state index in [0.717, 1.165) is 17.1 Å². The van der Waals surface area contributed by atoms with Gasteiger partial charge in [-0.15, -0.1) is 11.3 Å². The van der Waals surface area contributed by atoms with Crippen LogP contribution in [0.3, 0.4) is 0 Å². The van der Waals surface area contributed by atoms with Gasteiger partial charge in [0.2, 0.25) is 0 Å². The van der Waals surface area contributed by atoms with E-state index < -0.39 is 0 Å². The van der Waals surface area contributed by atoms with E-state index in [9.17, 15) is 0 Å². The van der Waals surface area contributed by atoms with Gasteiger partial charge in [0.25, 0.3) is 0 Å². The van der Waals surface area contributed by atoms with Crippen LogP contribution in [0, 0.1) is 0 Å². The Bertz CT molecular complexity index is 685. The molecule has 0 saturated heterocycles. The van der Waals surface area contributed by atoms with Crippen LogP contribution in [-0.2, 0) is 6.42 Å². The molecule has 0 amide bonds. The number of aromatic nitrogens is 2. The number of nitrogens with zero attached hydrogens (tertiary/aromatic N) is 3. The zero-order valence-electron chi connectivity index (χ0n) is 12.2. The van der Waals surface area contributed by atoms with Gasteiger partial charge in [0.1, 0.15) is 0 Å². The third kappa shape index (κ3) is 2.92. The number of nitrogens with two attached hydrogens (primary N) is 1. The van der Waals surface area contributed by atoms with Gasteiger partial charge in [-0.2, -0.15) is 0 Å². The minimum absolute atomic E-state index is 0.0609. The van der Waals surface area contributed by atoms with Crippen LogP contribution in [0.4, 0.5) is 5.69 Å². The first-order chi connectivity index (χ1) is 10.2. The number of nitrogens with one attached hydrogen (secondary N) is 1. The topological polar surface area (TPSA) is 58.6 Å². The van der Waals surface area contributed by atoms with Crippen LogP contribution in [0.1, 0.15) is 17.3 Å². The normalized spacial score (nSPS) is 12.7. The Morgan fingerprint density at radius 3 is 2.71 bits per heavy atom. The number of benzene rings is 1. The smallest absolute Gasteiger partial charge is 0.193 e. The summed E-state index contributed by atoms with van der Waals surface area (Å²) >= 11 is 1.64. The van der Waals surface area contributed by atoms with Crippen LogP contribution in [0.25, 0.3) is 4.96 Å². The number of imidazole rings is 1. The fourth-order valence-electron chi connectivity index (χ4n) is 2.36. The molecule has 0 bridgehead atoms. The molecule has 1 unspecified atom stereocenters. The van der Waals surface area contributed by atoms with Gasteiger partial charge in [0.05, 0.1) is 11.7 Å². The van der Waals surface area contributed by atoms with Crippen molar-refractivity contribution in [1.29, 1.82) is 0 Å². The Hall–Kier alpha value is -1.89. The zero-order valence-corrected chi connectivity index (χ0v) is 13.0.